The van der Waals surface area contributed by atoms with Crippen LogP contribution < -0.4 is 24.4 Å². The van der Waals surface area contributed by atoms with Crippen LogP contribution in [0.4, 0.5) is 10.5 Å². The normalized spacial score (nSPS) is 14.5. The topological polar surface area (TPSA) is 111 Å². The van der Waals surface area contributed by atoms with E-state index in [9.17, 15) is 19.2 Å². The van der Waals surface area contributed by atoms with E-state index in [2.05, 4.69) is 5.32 Å². The lowest BCUT2D eigenvalue weighted by Gasteiger charge is -2.26. The van der Waals surface area contributed by atoms with Crippen LogP contribution in [-0.4, -0.2) is 38.0 Å². The number of ether oxygens (including phenoxy) is 3. The molecule has 4 amide bonds. The Morgan fingerprint density at radius 1 is 0.829 bits per heavy atom. The second kappa shape index (κ2) is 9.92. The number of nitrogens with zero attached hydrogens (tertiary/aromatic N) is 1. The molecule has 0 bridgehead atoms. The fourth-order valence-corrected chi connectivity index (χ4v) is 3.36. The van der Waals surface area contributed by atoms with Gasteiger partial charge in [0, 0.05) is 5.56 Å². The molecule has 35 heavy (non-hydrogen) atoms. The van der Waals surface area contributed by atoms with Crippen LogP contribution in [0.15, 0.2) is 78.4 Å². The summed E-state index contributed by atoms with van der Waals surface area (Å²) in [4.78, 5) is 51.6. The first kappa shape index (κ1) is 23.2. The number of nitrogens with one attached hydrogen (secondary N) is 1. The Morgan fingerprint density at radius 2 is 1.43 bits per heavy atom. The summed E-state index contributed by atoms with van der Waals surface area (Å²) in [5.74, 6) is -1.05. The van der Waals surface area contributed by atoms with Gasteiger partial charge in [-0.3, -0.25) is 14.9 Å². The van der Waals surface area contributed by atoms with E-state index in [0.717, 1.165) is 4.90 Å². The molecule has 4 rings (SSSR count). The third kappa shape index (κ3) is 4.88. The van der Waals surface area contributed by atoms with Gasteiger partial charge >= 0.3 is 12.0 Å². The van der Waals surface area contributed by atoms with Crippen LogP contribution in [-0.2, 0) is 9.59 Å². The van der Waals surface area contributed by atoms with E-state index in [4.69, 9.17) is 14.2 Å². The van der Waals surface area contributed by atoms with Crippen molar-refractivity contribution in [3.05, 3.63) is 89.5 Å². The maximum absolute atomic E-state index is 13.1. The number of urea groups is 1. The molecule has 0 aromatic heterocycles. The van der Waals surface area contributed by atoms with Gasteiger partial charge in [-0.2, -0.15) is 0 Å². The van der Waals surface area contributed by atoms with E-state index >= 15 is 0 Å². The zero-order valence-electron chi connectivity index (χ0n) is 18.8. The highest BCUT2D eigenvalue weighted by molar-refractivity contribution is 6.39. The number of amides is 4. The number of methoxy groups -OCH3 is 2. The minimum Gasteiger partial charge on any atom is -0.497 e. The molecule has 1 aliphatic rings. The number of barbiturate groups is 1. The number of hydrogen-bond donors (Lipinski definition) is 1. The lowest BCUT2D eigenvalue weighted by atomic mass is 10.1. The van der Waals surface area contributed by atoms with Crippen LogP contribution in [0.2, 0.25) is 0 Å². The molecule has 1 aliphatic heterocycles. The highest BCUT2D eigenvalue weighted by atomic mass is 16.5. The molecule has 1 fully saturated rings. The molecular formula is C26H20N2O7. The molecule has 1 saturated heterocycles. The first-order valence-electron chi connectivity index (χ1n) is 10.4. The van der Waals surface area contributed by atoms with Crippen molar-refractivity contribution < 1.29 is 33.4 Å². The summed E-state index contributed by atoms with van der Waals surface area (Å²) >= 11 is 0. The van der Waals surface area contributed by atoms with Gasteiger partial charge in [0.05, 0.1) is 25.5 Å². The Bertz CT molecular complexity index is 1330. The number of para-hydroxylation sites is 1. The highest BCUT2D eigenvalue weighted by Gasteiger charge is 2.37. The number of benzene rings is 3. The van der Waals surface area contributed by atoms with Crippen molar-refractivity contribution in [2.75, 3.05) is 19.1 Å². The van der Waals surface area contributed by atoms with Crippen molar-refractivity contribution in [3.63, 3.8) is 0 Å². The predicted molar refractivity (Wildman–Crippen MR) is 126 cm³/mol. The van der Waals surface area contributed by atoms with Crippen LogP contribution in [0, 0.1) is 0 Å². The smallest absolute Gasteiger partial charge is 0.343 e. The molecule has 0 saturated carbocycles. The lowest BCUT2D eigenvalue weighted by molar-refractivity contribution is -0.122. The molecule has 176 valence electrons. The highest BCUT2D eigenvalue weighted by Crippen LogP contribution is 2.27. The van der Waals surface area contributed by atoms with E-state index in [1.54, 1.807) is 54.6 Å². The maximum atomic E-state index is 13.1. The zero-order valence-corrected chi connectivity index (χ0v) is 18.8. The van der Waals surface area contributed by atoms with Crippen molar-refractivity contribution in [2.45, 2.75) is 0 Å². The standard InChI is InChI=1S/C26H20N2O7/c1-33-19-11-7-16(8-12-19)25(31)35-22-6-4-3-5-17(22)15-21-23(29)27-26(32)28(24(21)30)18-9-13-20(34-2)14-10-18/h3-15H,1-2H3,(H,27,29,32)/b21-15-. The Kier molecular flexibility index (Phi) is 6.59. The van der Waals surface area contributed by atoms with Crippen LogP contribution in [0.25, 0.3) is 6.08 Å². The van der Waals surface area contributed by atoms with E-state index in [1.165, 1.54) is 38.5 Å². The summed E-state index contributed by atoms with van der Waals surface area (Å²) in [7, 11) is 3.01. The third-order valence-electron chi connectivity index (χ3n) is 5.18. The summed E-state index contributed by atoms with van der Waals surface area (Å²) in [6.45, 7) is 0. The van der Waals surface area contributed by atoms with Crippen molar-refractivity contribution >= 4 is 35.6 Å². The van der Waals surface area contributed by atoms with Gasteiger partial charge in [-0.15, -0.1) is 0 Å². The monoisotopic (exact) mass is 472 g/mol. The molecule has 1 N–H and O–H groups in total. The predicted octanol–water partition coefficient (Wildman–Crippen LogP) is 3.59. The molecule has 9 heteroatoms. The lowest BCUT2D eigenvalue weighted by Crippen LogP contribution is -2.54. The van der Waals surface area contributed by atoms with Crippen molar-refractivity contribution in [3.8, 4) is 17.2 Å². The Balaban J connectivity index is 1.63. The number of hydrogen-bond acceptors (Lipinski definition) is 7. The number of rotatable bonds is 6. The molecule has 0 unspecified atom stereocenters. The summed E-state index contributed by atoms with van der Waals surface area (Å²) in [5, 5.41) is 2.16. The second-order valence-corrected chi connectivity index (χ2v) is 7.31. The first-order valence-corrected chi connectivity index (χ1v) is 10.4. The molecule has 0 atom stereocenters. The first-order chi connectivity index (χ1) is 16.9. The molecule has 9 nitrogen and oxygen atoms in total. The van der Waals surface area contributed by atoms with Gasteiger partial charge in [0.1, 0.15) is 22.8 Å². The van der Waals surface area contributed by atoms with E-state index in [1.807, 2.05) is 0 Å². The molecular weight excluding hydrogens is 452 g/mol. The molecule has 1 heterocycles. The summed E-state index contributed by atoms with van der Waals surface area (Å²) < 4.78 is 15.7. The Morgan fingerprint density at radius 3 is 2.06 bits per heavy atom. The zero-order chi connectivity index (χ0) is 24.9. The van der Waals surface area contributed by atoms with Crippen molar-refractivity contribution in [2.24, 2.45) is 0 Å². The minimum atomic E-state index is -0.874. The van der Waals surface area contributed by atoms with Crippen LogP contribution in [0.1, 0.15) is 15.9 Å². The van der Waals surface area contributed by atoms with Crippen LogP contribution in [0.5, 0.6) is 17.2 Å². The number of esters is 1. The average Bonchev–Trinajstić information content (AvgIpc) is 2.87. The number of carbonyl (C=O) groups excluding carboxylic acids is 4. The second-order valence-electron chi connectivity index (χ2n) is 7.31. The fourth-order valence-electron chi connectivity index (χ4n) is 3.36. The molecule has 0 aliphatic carbocycles. The summed E-state index contributed by atoms with van der Waals surface area (Å²) in [5.41, 5.74) is 0.548. The van der Waals surface area contributed by atoms with E-state index in [0.29, 0.717) is 17.1 Å². The van der Waals surface area contributed by atoms with E-state index in [-0.39, 0.29) is 22.6 Å². The van der Waals surface area contributed by atoms with Gasteiger partial charge in [0.2, 0.25) is 0 Å². The minimum absolute atomic E-state index is 0.134. The van der Waals surface area contributed by atoms with Crippen molar-refractivity contribution in [1.29, 1.82) is 0 Å². The largest absolute Gasteiger partial charge is 0.497 e. The van der Waals surface area contributed by atoms with Gasteiger partial charge in [0.25, 0.3) is 11.8 Å². The van der Waals surface area contributed by atoms with Gasteiger partial charge in [0.15, 0.2) is 0 Å². The Hall–Kier alpha value is -4.92. The number of imide groups is 2. The molecule has 3 aromatic carbocycles. The Labute approximate surface area is 200 Å². The molecule has 0 radical (unpaired) electrons. The van der Waals surface area contributed by atoms with Gasteiger partial charge < -0.3 is 14.2 Å². The summed E-state index contributed by atoms with van der Waals surface area (Å²) in [6.07, 6.45) is 1.28. The number of carbonyl (C=O) groups is 4. The number of anilines is 1. The fraction of sp³-hybridized carbons (Fsp3) is 0.0769. The average molecular weight is 472 g/mol. The maximum Gasteiger partial charge on any atom is 0.343 e. The quantitative estimate of drug-likeness (QED) is 0.253. The van der Waals surface area contributed by atoms with Gasteiger partial charge in [-0.25, -0.2) is 14.5 Å². The van der Waals surface area contributed by atoms with Gasteiger partial charge in [-0.1, -0.05) is 18.2 Å². The van der Waals surface area contributed by atoms with Gasteiger partial charge in [-0.05, 0) is 60.7 Å². The summed E-state index contributed by atoms with van der Waals surface area (Å²) in [6, 6.07) is 18.1. The van der Waals surface area contributed by atoms with E-state index < -0.39 is 23.8 Å². The van der Waals surface area contributed by atoms with Crippen LogP contribution >= 0.6 is 0 Å². The molecule has 3 aromatic rings. The van der Waals surface area contributed by atoms with Crippen LogP contribution in [0.3, 0.4) is 0 Å². The molecule has 0 spiro atoms. The SMILES string of the molecule is COc1ccc(C(=O)Oc2ccccc2/C=C2/C(=O)NC(=O)N(c3ccc(OC)cc3)C2=O)cc1. The third-order valence-corrected chi connectivity index (χ3v) is 5.18. The van der Waals surface area contributed by atoms with Crippen molar-refractivity contribution in [1.82, 2.24) is 5.32 Å².